The topological polar surface area (TPSA) is 49.4 Å². The summed E-state index contributed by atoms with van der Waals surface area (Å²) in [6.07, 6.45) is 8.52. The van der Waals surface area contributed by atoms with E-state index in [-0.39, 0.29) is 17.9 Å². The largest absolute Gasteiger partial charge is 0.352 e. The summed E-state index contributed by atoms with van der Waals surface area (Å²) >= 11 is 0. The maximum Gasteiger partial charge on any atom is 0.254 e. The summed E-state index contributed by atoms with van der Waals surface area (Å²) in [5.41, 5.74) is 3.45. The van der Waals surface area contributed by atoms with Crippen molar-refractivity contribution in [3.63, 3.8) is 0 Å². The molecule has 2 aliphatic carbocycles. The third-order valence-electron chi connectivity index (χ3n) is 5.34. The molecule has 2 amide bonds. The van der Waals surface area contributed by atoms with Crippen LogP contribution in [0.2, 0.25) is 0 Å². The highest BCUT2D eigenvalue weighted by molar-refractivity contribution is 5.98. The van der Waals surface area contributed by atoms with Crippen molar-refractivity contribution in [1.29, 1.82) is 0 Å². The number of rotatable bonds is 3. The lowest BCUT2D eigenvalue weighted by molar-refractivity contribution is -0.125. The summed E-state index contributed by atoms with van der Waals surface area (Å²) in [6.45, 7) is 0.693. The Morgan fingerprint density at radius 3 is 2.57 bits per heavy atom. The lowest BCUT2D eigenvalue weighted by atomic mass is 9.90. The molecule has 0 aromatic heterocycles. The van der Waals surface area contributed by atoms with Crippen LogP contribution in [0.3, 0.4) is 0 Å². The lowest BCUT2D eigenvalue weighted by Crippen LogP contribution is -2.46. The van der Waals surface area contributed by atoms with E-state index in [1.54, 1.807) is 4.90 Å². The molecule has 4 rings (SSSR count). The number of likely N-dealkylation sites (tertiary alicyclic amines) is 1. The van der Waals surface area contributed by atoms with Gasteiger partial charge in [0.15, 0.2) is 0 Å². The molecule has 1 heterocycles. The first kappa shape index (κ1) is 14.7. The second-order valence-corrected chi connectivity index (χ2v) is 7.13. The number of amides is 2. The van der Waals surface area contributed by atoms with E-state index in [1.165, 1.54) is 24.0 Å². The number of nitrogens with zero attached hydrogens (tertiary/aromatic N) is 1. The normalized spacial score (nSPS) is 23.5. The number of hydrogen-bond donors (Lipinski definition) is 1. The molecule has 122 valence electrons. The maximum absolute atomic E-state index is 12.9. The number of carbonyl (C=O) groups excluding carboxylic acids is 2. The van der Waals surface area contributed by atoms with Crippen LogP contribution in [0.15, 0.2) is 18.2 Å². The van der Waals surface area contributed by atoms with Gasteiger partial charge in [-0.25, -0.2) is 0 Å². The Morgan fingerprint density at radius 2 is 1.78 bits per heavy atom. The third-order valence-corrected chi connectivity index (χ3v) is 5.34. The number of hydrogen-bond acceptors (Lipinski definition) is 2. The van der Waals surface area contributed by atoms with Crippen molar-refractivity contribution in [3.05, 3.63) is 34.9 Å². The molecular weight excluding hydrogens is 288 g/mol. The lowest BCUT2D eigenvalue weighted by Gasteiger charge is -2.25. The van der Waals surface area contributed by atoms with Gasteiger partial charge in [-0.2, -0.15) is 0 Å². The molecule has 23 heavy (non-hydrogen) atoms. The summed E-state index contributed by atoms with van der Waals surface area (Å²) < 4.78 is 0. The predicted molar refractivity (Wildman–Crippen MR) is 88.3 cm³/mol. The molecule has 1 saturated carbocycles. The first-order valence-electron chi connectivity index (χ1n) is 8.95. The van der Waals surface area contributed by atoms with E-state index in [2.05, 4.69) is 17.4 Å². The number of benzene rings is 1. The highest BCUT2D eigenvalue weighted by atomic mass is 16.2. The summed E-state index contributed by atoms with van der Waals surface area (Å²) in [4.78, 5) is 27.0. The molecule has 4 heteroatoms. The van der Waals surface area contributed by atoms with E-state index >= 15 is 0 Å². The van der Waals surface area contributed by atoms with Gasteiger partial charge in [-0.1, -0.05) is 6.07 Å². The standard InChI is InChI=1S/C19H24N2O2/c22-18(20-16-9-10-16)17-6-3-11-21(17)19(23)15-8-7-13-4-1-2-5-14(13)12-15/h7-8,12,16-17H,1-6,9-11H2,(H,20,22). The van der Waals surface area contributed by atoms with Gasteiger partial charge in [0.05, 0.1) is 0 Å². The van der Waals surface area contributed by atoms with Crippen LogP contribution in [0.25, 0.3) is 0 Å². The van der Waals surface area contributed by atoms with Crippen LogP contribution in [0, 0.1) is 0 Å². The summed E-state index contributed by atoms with van der Waals surface area (Å²) in [6, 6.07) is 6.19. The van der Waals surface area contributed by atoms with Crippen molar-refractivity contribution in [3.8, 4) is 0 Å². The van der Waals surface area contributed by atoms with E-state index in [0.717, 1.165) is 44.1 Å². The zero-order valence-electron chi connectivity index (χ0n) is 13.5. The Kier molecular flexibility index (Phi) is 3.83. The molecule has 1 aromatic rings. The highest BCUT2D eigenvalue weighted by Crippen LogP contribution is 2.26. The average Bonchev–Trinajstić information content (AvgIpc) is 3.25. The highest BCUT2D eigenvalue weighted by Gasteiger charge is 2.36. The molecule has 0 spiro atoms. The minimum absolute atomic E-state index is 0.0202. The molecule has 1 aromatic carbocycles. The van der Waals surface area contributed by atoms with E-state index in [4.69, 9.17) is 0 Å². The molecule has 1 N–H and O–H groups in total. The van der Waals surface area contributed by atoms with Gasteiger partial charge < -0.3 is 10.2 Å². The van der Waals surface area contributed by atoms with Gasteiger partial charge in [0.25, 0.3) is 5.91 Å². The van der Waals surface area contributed by atoms with Gasteiger partial charge in [0.2, 0.25) is 5.91 Å². The molecule has 1 aliphatic heterocycles. The van der Waals surface area contributed by atoms with Crippen LogP contribution in [0.1, 0.15) is 60.0 Å². The SMILES string of the molecule is O=C(NC1CC1)C1CCCN1C(=O)c1ccc2c(c1)CCCC2. The van der Waals surface area contributed by atoms with Gasteiger partial charge in [0, 0.05) is 18.2 Å². The molecule has 1 saturated heterocycles. The Hall–Kier alpha value is -1.84. The van der Waals surface area contributed by atoms with Crippen molar-refractivity contribution < 1.29 is 9.59 Å². The Bertz CT molecular complexity index is 636. The second kappa shape index (κ2) is 5.99. The Morgan fingerprint density at radius 1 is 1.00 bits per heavy atom. The fraction of sp³-hybridized carbons (Fsp3) is 0.579. The van der Waals surface area contributed by atoms with Gasteiger partial charge >= 0.3 is 0 Å². The molecule has 4 nitrogen and oxygen atoms in total. The first-order chi connectivity index (χ1) is 11.2. The fourth-order valence-corrected chi connectivity index (χ4v) is 3.84. The van der Waals surface area contributed by atoms with Crippen LogP contribution < -0.4 is 5.32 Å². The monoisotopic (exact) mass is 312 g/mol. The van der Waals surface area contributed by atoms with Crippen molar-refractivity contribution in [2.75, 3.05) is 6.54 Å². The summed E-state index contributed by atoms with van der Waals surface area (Å²) in [5, 5.41) is 3.05. The fourth-order valence-electron chi connectivity index (χ4n) is 3.84. The molecule has 0 radical (unpaired) electrons. The number of aryl methyl sites for hydroxylation is 2. The molecular formula is C19H24N2O2. The van der Waals surface area contributed by atoms with E-state index < -0.39 is 0 Å². The van der Waals surface area contributed by atoms with Gasteiger partial charge in [-0.15, -0.1) is 0 Å². The molecule has 1 unspecified atom stereocenters. The van der Waals surface area contributed by atoms with Crippen LogP contribution in [-0.2, 0) is 17.6 Å². The van der Waals surface area contributed by atoms with Gasteiger partial charge in [-0.05, 0) is 74.6 Å². The van der Waals surface area contributed by atoms with Crippen molar-refractivity contribution in [1.82, 2.24) is 10.2 Å². The molecule has 1 atom stereocenters. The van der Waals surface area contributed by atoms with E-state index in [9.17, 15) is 9.59 Å². The minimum atomic E-state index is -0.279. The number of nitrogens with one attached hydrogen (secondary N) is 1. The zero-order valence-corrected chi connectivity index (χ0v) is 13.5. The number of carbonyl (C=O) groups is 2. The zero-order chi connectivity index (χ0) is 15.8. The van der Waals surface area contributed by atoms with E-state index in [1.807, 2.05) is 6.07 Å². The number of fused-ring (bicyclic) bond motifs is 1. The van der Waals surface area contributed by atoms with Crippen LogP contribution in [-0.4, -0.2) is 35.3 Å². The quantitative estimate of drug-likeness (QED) is 0.932. The first-order valence-corrected chi connectivity index (χ1v) is 8.95. The average molecular weight is 312 g/mol. The van der Waals surface area contributed by atoms with Crippen molar-refractivity contribution in [2.24, 2.45) is 0 Å². The predicted octanol–water partition coefficient (Wildman–Crippen LogP) is 2.45. The Labute approximate surface area is 137 Å². The third kappa shape index (κ3) is 2.99. The Balaban J connectivity index is 1.51. The molecule has 3 aliphatic rings. The van der Waals surface area contributed by atoms with Crippen molar-refractivity contribution >= 4 is 11.8 Å². The maximum atomic E-state index is 12.9. The smallest absolute Gasteiger partial charge is 0.254 e. The van der Waals surface area contributed by atoms with Crippen LogP contribution >= 0.6 is 0 Å². The summed E-state index contributed by atoms with van der Waals surface area (Å²) in [5.74, 6) is 0.0585. The molecule has 2 fully saturated rings. The summed E-state index contributed by atoms with van der Waals surface area (Å²) in [7, 11) is 0. The van der Waals surface area contributed by atoms with E-state index in [0.29, 0.717) is 12.6 Å². The van der Waals surface area contributed by atoms with Gasteiger partial charge in [0.1, 0.15) is 6.04 Å². The minimum Gasteiger partial charge on any atom is -0.352 e. The molecule has 0 bridgehead atoms. The second-order valence-electron chi connectivity index (χ2n) is 7.13. The van der Waals surface area contributed by atoms with Crippen molar-refractivity contribution in [2.45, 2.75) is 63.5 Å². The van der Waals surface area contributed by atoms with Crippen LogP contribution in [0.5, 0.6) is 0 Å². The van der Waals surface area contributed by atoms with Gasteiger partial charge in [-0.3, -0.25) is 9.59 Å². The van der Waals surface area contributed by atoms with Crippen LogP contribution in [0.4, 0.5) is 0 Å².